The molecule has 2 saturated heterocycles. The fourth-order valence-corrected chi connectivity index (χ4v) is 6.60. The molecule has 1 atom stereocenters. The van der Waals surface area contributed by atoms with E-state index in [-0.39, 0.29) is 42.0 Å². The molecule has 1 unspecified atom stereocenters. The van der Waals surface area contributed by atoms with Crippen LogP contribution < -0.4 is 16.0 Å². The Morgan fingerprint density at radius 1 is 0.590 bits per heavy atom. The smallest absolute Gasteiger partial charge is 0.264 e. The van der Waals surface area contributed by atoms with Crippen molar-refractivity contribution >= 4 is 35.2 Å². The number of nitrogens with zero attached hydrogens (tertiary/aromatic N) is 1. The average molecular weight is 867 g/mol. The maximum Gasteiger partial charge on any atom is 0.264 e. The third-order valence-corrected chi connectivity index (χ3v) is 9.78. The minimum Gasteiger partial charge on any atom is -0.379 e. The minimum absolute atomic E-state index is 0.0287. The average Bonchev–Trinajstić information content (AvgIpc) is 3.51. The zero-order valence-electron chi connectivity index (χ0n) is 35.5. The number of anilines is 1. The monoisotopic (exact) mass is 866 g/mol. The number of nitrogens with one attached hydrogen (secondary N) is 3. The predicted molar refractivity (Wildman–Crippen MR) is 219 cm³/mol. The number of benzene rings is 1. The third kappa shape index (κ3) is 20.1. The van der Waals surface area contributed by atoms with Crippen molar-refractivity contribution in [3.05, 3.63) is 29.3 Å². The lowest BCUT2D eigenvalue weighted by Crippen LogP contribution is -2.54. The van der Waals surface area contributed by atoms with Crippen LogP contribution in [-0.2, 0) is 61.8 Å². The molecule has 3 heterocycles. The van der Waals surface area contributed by atoms with Gasteiger partial charge in [0.2, 0.25) is 17.7 Å². The minimum atomic E-state index is -1.07. The van der Waals surface area contributed by atoms with Crippen molar-refractivity contribution in [2.45, 2.75) is 63.5 Å². The lowest BCUT2D eigenvalue weighted by atomic mass is 10.0. The first-order chi connectivity index (χ1) is 30.0. The SMILES string of the molecule is O=C1CCC(N2C(=O)c3cccc(NC(=O)CCCCCOCCOCCOCCOCCOCCOCCOCCOCCOCCOC4CCNCC4)c3C2=O)C(=O)N1. The predicted octanol–water partition coefficient (Wildman–Crippen LogP) is 1.50. The van der Waals surface area contributed by atoms with Crippen molar-refractivity contribution in [1.29, 1.82) is 0 Å². The summed E-state index contributed by atoms with van der Waals surface area (Å²) in [5.41, 5.74) is 0.385. The van der Waals surface area contributed by atoms with Gasteiger partial charge in [-0.3, -0.25) is 34.2 Å². The van der Waals surface area contributed by atoms with Gasteiger partial charge in [0, 0.05) is 19.4 Å². The van der Waals surface area contributed by atoms with Crippen molar-refractivity contribution in [3.8, 4) is 0 Å². The molecular formula is C42H66N4O15. The summed E-state index contributed by atoms with van der Waals surface area (Å²) in [4.78, 5) is 63.6. The number of hydrogen-bond acceptors (Lipinski definition) is 16. The molecule has 344 valence electrons. The molecule has 5 amide bonds. The van der Waals surface area contributed by atoms with Crippen LogP contribution in [0.3, 0.4) is 0 Å². The van der Waals surface area contributed by atoms with Gasteiger partial charge >= 0.3 is 0 Å². The van der Waals surface area contributed by atoms with Gasteiger partial charge in [0.05, 0.1) is 142 Å². The standard InChI is InChI=1S/C42H66N4O15/c47-37(44-35-6-4-5-34-39(35)42(51)46(41(34)50)36-8-9-38(48)45-40(36)49)7-2-1-3-14-52-15-16-53-17-18-54-19-20-55-21-22-56-23-24-57-25-26-58-27-28-59-29-30-60-31-32-61-33-10-12-43-13-11-33/h4-6,33,36,43H,1-3,7-32H2,(H,44,47)(H,45,48,49). The van der Waals surface area contributed by atoms with Crippen LogP contribution in [0.2, 0.25) is 0 Å². The summed E-state index contributed by atoms with van der Waals surface area (Å²) in [5.74, 6) is -2.71. The second-order valence-corrected chi connectivity index (χ2v) is 14.4. The molecule has 0 aliphatic carbocycles. The van der Waals surface area contributed by atoms with E-state index in [2.05, 4.69) is 16.0 Å². The zero-order valence-corrected chi connectivity index (χ0v) is 35.5. The van der Waals surface area contributed by atoms with Crippen molar-refractivity contribution in [2.24, 2.45) is 0 Å². The second kappa shape index (κ2) is 31.4. The molecule has 0 spiro atoms. The van der Waals surface area contributed by atoms with Crippen LogP contribution >= 0.6 is 0 Å². The molecule has 0 aromatic heterocycles. The molecule has 19 nitrogen and oxygen atoms in total. The van der Waals surface area contributed by atoms with Crippen LogP contribution in [0.5, 0.6) is 0 Å². The summed E-state index contributed by atoms with van der Waals surface area (Å²) in [6.07, 6.45) is 4.95. The number of unbranched alkanes of at least 4 members (excludes halogenated alkanes) is 2. The summed E-state index contributed by atoms with van der Waals surface area (Å²) in [6.45, 7) is 11.5. The third-order valence-electron chi connectivity index (χ3n) is 9.78. The van der Waals surface area contributed by atoms with Gasteiger partial charge in [-0.15, -0.1) is 0 Å². The summed E-state index contributed by atoms with van der Waals surface area (Å²) >= 11 is 0. The van der Waals surface area contributed by atoms with Gasteiger partial charge in [-0.25, -0.2) is 0 Å². The maximum absolute atomic E-state index is 13.2. The summed E-state index contributed by atoms with van der Waals surface area (Å²) < 4.78 is 55.5. The summed E-state index contributed by atoms with van der Waals surface area (Å²) in [6, 6.07) is 3.53. The van der Waals surface area contributed by atoms with E-state index in [0.29, 0.717) is 138 Å². The Morgan fingerprint density at radius 3 is 1.59 bits per heavy atom. The topological polar surface area (TPSA) is 217 Å². The highest BCUT2D eigenvalue weighted by Crippen LogP contribution is 2.32. The fraction of sp³-hybridized carbons (Fsp3) is 0.738. The van der Waals surface area contributed by atoms with Crippen molar-refractivity contribution in [3.63, 3.8) is 0 Å². The lowest BCUT2D eigenvalue weighted by molar-refractivity contribution is -0.136. The molecule has 3 aliphatic rings. The van der Waals surface area contributed by atoms with Gasteiger partial charge < -0.3 is 58.0 Å². The van der Waals surface area contributed by atoms with E-state index in [1.807, 2.05) is 0 Å². The van der Waals surface area contributed by atoms with E-state index in [1.54, 1.807) is 12.1 Å². The van der Waals surface area contributed by atoms with Crippen LogP contribution in [0.25, 0.3) is 0 Å². The van der Waals surface area contributed by atoms with Gasteiger partial charge in [-0.05, 0) is 57.3 Å². The molecule has 0 bridgehead atoms. The van der Waals surface area contributed by atoms with Crippen LogP contribution in [0, 0.1) is 0 Å². The molecule has 3 N–H and O–H groups in total. The number of piperidine rings is 2. The molecule has 19 heteroatoms. The Bertz CT molecular complexity index is 1450. The van der Waals surface area contributed by atoms with E-state index in [9.17, 15) is 24.0 Å². The Labute approximate surface area is 358 Å². The van der Waals surface area contributed by atoms with Crippen LogP contribution in [0.1, 0.15) is 72.1 Å². The van der Waals surface area contributed by atoms with Crippen molar-refractivity contribution in [1.82, 2.24) is 15.5 Å². The fourth-order valence-electron chi connectivity index (χ4n) is 6.60. The van der Waals surface area contributed by atoms with Crippen LogP contribution in [0.15, 0.2) is 18.2 Å². The number of carbonyl (C=O) groups excluding carboxylic acids is 5. The molecule has 61 heavy (non-hydrogen) atoms. The Balaban J connectivity index is 0.824. The van der Waals surface area contributed by atoms with Crippen LogP contribution in [0.4, 0.5) is 5.69 Å². The highest BCUT2D eigenvalue weighted by Gasteiger charge is 2.45. The van der Waals surface area contributed by atoms with Gasteiger partial charge in [0.15, 0.2) is 0 Å². The highest BCUT2D eigenvalue weighted by molar-refractivity contribution is 6.26. The molecule has 1 aromatic rings. The number of carbonyl (C=O) groups is 5. The van der Waals surface area contributed by atoms with Gasteiger partial charge in [-0.2, -0.15) is 0 Å². The quantitative estimate of drug-likeness (QED) is 0.0644. The van der Waals surface area contributed by atoms with Gasteiger partial charge in [0.1, 0.15) is 6.04 Å². The van der Waals surface area contributed by atoms with E-state index >= 15 is 0 Å². The Hall–Kier alpha value is -3.47. The van der Waals surface area contributed by atoms with Gasteiger partial charge in [-0.1, -0.05) is 12.5 Å². The molecular weight excluding hydrogens is 800 g/mol. The number of amides is 5. The molecule has 0 radical (unpaired) electrons. The molecule has 1 aromatic carbocycles. The molecule has 3 aliphatic heterocycles. The van der Waals surface area contributed by atoms with Gasteiger partial charge in [0.25, 0.3) is 11.8 Å². The zero-order chi connectivity index (χ0) is 43.2. The Morgan fingerprint density at radius 2 is 1.08 bits per heavy atom. The first-order valence-electron chi connectivity index (χ1n) is 21.6. The highest BCUT2D eigenvalue weighted by atomic mass is 16.6. The normalized spacial score (nSPS) is 17.0. The Kier molecular flexibility index (Phi) is 25.8. The van der Waals surface area contributed by atoms with Crippen molar-refractivity contribution in [2.75, 3.05) is 144 Å². The van der Waals surface area contributed by atoms with Crippen molar-refractivity contribution < 1.29 is 71.3 Å². The number of rotatable bonds is 36. The number of imide groups is 2. The molecule has 2 fully saturated rings. The number of ether oxygens (including phenoxy) is 10. The lowest BCUT2D eigenvalue weighted by Gasteiger charge is -2.27. The van der Waals surface area contributed by atoms with Crippen LogP contribution in [-0.4, -0.2) is 185 Å². The van der Waals surface area contributed by atoms with E-state index in [0.717, 1.165) is 43.7 Å². The summed E-state index contributed by atoms with van der Waals surface area (Å²) in [7, 11) is 0. The number of fused-ring (bicyclic) bond motifs is 1. The van der Waals surface area contributed by atoms with E-state index in [1.165, 1.54) is 6.07 Å². The number of hydrogen-bond donors (Lipinski definition) is 3. The maximum atomic E-state index is 13.2. The molecule has 0 saturated carbocycles. The largest absolute Gasteiger partial charge is 0.379 e. The first-order valence-corrected chi connectivity index (χ1v) is 21.6. The second-order valence-electron chi connectivity index (χ2n) is 14.4. The summed E-state index contributed by atoms with van der Waals surface area (Å²) in [5, 5.41) is 8.23. The van der Waals surface area contributed by atoms with E-state index < -0.39 is 29.7 Å². The van der Waals surface area contributed by atoms with E-state index in [4.69, 9.17) is 47.4 Å². The molecule has 4 rings (SSSR count). The first kappa shape index (κ1) is 50.2.